The molecule has 2 aromatic rings. The monoisotopic (exact) mass is 463 g/mol. The van der Waals surface area contributed by atoms with E-state index in [1.54, 1.807) is 17.0 Å². The number of carbonyl (C=O) groups is 2. The molecule has 0 spiro atoms. The van der Waals surface area contributed by atoms with Crippen molar-refractivity contribution >= 4 is 40.6 Å². The maximum atomic E-state index is 12.6. The Hall–Kier alpha value is -2.65. The minimum absolute atomic E-state index is 0.0569. The molecule has 2 heterocycles. The fourth-order valence-corrected chi connectivity index (χ4v) is 4.92. The van der Waals surface area contributed by atoms with Crippen molar-refractivity contribution in [2.75, 3.05) is 13.1 Å². The number of rotatable bonds is 6. The van der Waals surface area contributed by atoms with Gasteiger partial charge in [-0.2, -0.15) is 0 Å². The lowest BCUT2D eigenvalue weighted by Crippen LogP contribution is -2.48. The molecule has 1 N–H and O–H groups in total. The Morgan fingerprint density at radius 3 is 2.29 bits per heavy atom. The number of halogens is 1. The fourth-order valence-electron chi connectivity index (χ4n) is 3.98. The molecule has 10 heteroatoms. The molecule has 1 unspecified atom stereocenters. The zero-order valence-corrected chi connectivity index (χ0v) is 18.2. The third-order valence-electron chi connectivity index (χ3n) is 5.78. The van der Waals surface area contributed by atoms with E-state index in [-0.39, 0.29) is 23.4 Å². The summed E-state index contributed by atoms with van der Waals surface area (Å²) in [4.78, 5) is 37.5. The van der Waals surface area contributed by atoms with Crippen molar-refractivity contribution in [2.45, 2.75) is 31.7 Å². The van der Waals surface area contributed by atoms with Crippen LogP contribution in [-0.4, -0.2) is 41.0 Å². The highest BCUT2D eigenvalue weighted by atomic mass is 35.5. The predicted octanol–water partition coefficient (Wildman–Crippen LogP) is 4.73. The van der Waals surface area contributed by atoms with Gasteiger partial charge in [-0.15, -0.1) is 11.3 Å². The number of ether oxygens (including phenoxy) is 1. The SMILES string of the molecule is O=C(NC(C1CC1)C1CCN(C(=O)Oc2ccc([N+](=O)[O-])cc2)CC1)c1ccc(Cl)s1. The number of nitrogens with zero attached hydrogens (tertiary/aromatic N) is 2. The van der Waals surface area contributed by atoms with Gasteiger partial charge in [0.1, 0.15) is 5.75 Å². The number of non-ortho nitro benzene ring substituents is 1. The van der Waals surface area contributed by atoms with Crippen molar-refractivity contribution < 1.29 is 19.2 Å². The summed E-state index contributed by atoms with van der Waals surface area (Å²) in [6.07, 6.45) is 3.31. The molecule has 1 aliphatic carbocycles. The van der Waals surface area contributed by atoms with Gasteiger partial charge in [0.05, 0.1) is 14.1 Å². The number of benzene rings is 1. The van der Waals surface area contributed by atoms with Gasteiger partial charge in [0.15, 0.2) is 0 Å². The van der Waals surface area contributed by atoms with Gasteiger partial charge in [0.25, 0.3) is 11.6 Å². The van der Waals surface area contributed by atoms with E-state index in [9.17, 15) is 19.7 Å². The van der Waals surface area contributed by atoms with Crippen LogP contribution in [0.2, 0.25) is 4.34 Å². The molecule has 1 aliphatic heterocycles. The van der Waals surface area contributed by atoms with Gasteiger partial charge in [-0.25, -0.2) is 4.79 Å². The molecule has 8 nitrogen and oxygen atoms in total. The summed E-state index contributed by atoms with van der Waals surface area (Å²) in [5, 5.41) is 13.9. The van der Waals surface area contributed by atoms with Gasteiger partial charge in [-0.3, -0.25) is 14.9 Å². The fraction of sp³-hybridized carbons (Fsp3) is 0.429. The molecule has 2 fully saturated rings. The first kappa shape index (κ1) is 21.6. The average molecular weight is 464 g/mol. The van der Waals surface area contributed by atoms with Crippen LogP contribution < -0.4 is 10.1 Å². The van der Waals surface area contributed by atoms with Gasteiger partial charge >= 0.3 is 6.09 Å². The Bertz CT molecular complexity index is 968. The van der Waals surface area contributed by atoms with Crippen LogP contribution in [0.4, 0.5) is 10.5 Å². The average Bonchev–Trinajstić information content (AvgIpc) is 3.52. The highest BCUT2D eigenvalue weighted by molar-refractivity contribution is 7.18. The first-order valence-electron chi connectivity index (χ1n) is 10.2. The number of hydrogen-bond acceptors (Lipinski definition) is 6. The Morgan fingerprint density at radius 1 is 1.10 bits per heavy atom. The van der Waals surface area contributed by atoms with Crippen LogP contribution in [0.15, 0.2) is 36.4 Å². The minimum atomic E-state index is -0.502. The number of piperidine rings is 1. The quantitative estimate of drug-likeness (QED) is 0.493. The van der Waals surface area contributed by atoms with Crippen LogP contribution in [0.1, 0.15) is 35.4 Å². The van der Waals surface area contributed by atoms with E-state index < -0.39 is 11.0 Å². The normalized spacial score (nSPS) is 17.8. The summed E-state index contributed by atoms with van der Waals surface area (Å²) < 4.78 is 5.94. The standard InChI is InChI=1S/C21H22ClN3O5S/c22-18-8-7-17(31-18)20(26)23-19(13-1-2-13)14-9-11-24(12-10-14)21(27)30-16-5-3-15(4-6-16)25(28)29/h3-8,13-14,19H,1-2,9-12H2,(H,23,26). The first-order valence-corrected chi connectivity index (χ1v) is 11.4. The summed E-state index contributed by atoms with van der Waals surface area (Å²) in [6.45, 7) is 1.08. The maximum absolute atomic E-state index is 12.6. The van der Waals surface area contributed by atoms with E-state index in [0.717, 1.165) is 25.7 Å². The smallest absolute Gasteiger partial charge is 0.410 e. The van der Waals surface area contributed by atoms with Crippen molar-refractivity contribution in [3.8, 4) is 5.75 Å². The molecule has 0 radical (unpaired) electrons. The maximum Gasteiger partial charge on any atom is 0.415 e. The molecule has 1 aromatic carbocycles. The third-order valence-corrected chi connectivity index (χ3v) is 7.01. The Morgan fingerprint density at radius 2 is 1.74 bits per heavy atom. The number of likely N-dealkylation sites (tertiary alicyclic amines) is 1. The predicted molar refractivity (Wildman–Crippen MR) is 117 cm³/mol. The Labute approximate surface area is 188 Å². The van der Waals surface area contributed by atoms with Gasteiger partial charge in [0.2, 0.25) is 0 Å². The van der Waals surface area contributed by atoms with Crippen molar-refractivity contribution in [3.05, 3.63) is 55.7 Å². The molecular formula is C21H22ClN3O5S. The number of amides is 2. The van der Waals surface area contributed by atoms with Crippen molar-refractivity contribution in [3.63, 3.8) is 0 Å². The lowest BCUT2D eigenvalue weighted by Gasteiger charge is -2.36. The summed E-state index contributed by atoms with van der Waals surface area (Å²) >= 11 is 7.22. The highest BCUT2D eigenvalue weighted by Gasteiger charge is 2.39. The Balaban J connectivity index is 1.30. The zero-order valence-electron chi connectivity index (χ0n) is 16.7. The third kappa shape index (κ3) is 5.34. The zero-order chi connectivity index (χ0) is 22.0. The van der Waals surface area contributed by atoms with Crippen LogP contribution in [0, 0.1) is 22.0 Å². The molecule has 1 atom stereocenters. The van der Waals surface area contributed by atoms with Crippen LogP contribution in [0.25, 0.3) is 0 Å². The van der Waals surface area contributed by atoms with E-state index in [4.69, 9.17) is 16.3 Å². The number of nitrogens with one attached hydrogen (secondary N) is 1. The molecular weight excluding hydrogens is 442 g/mol. The molecule has 0 bridgehead atoms. The van der Waals surface area contributed by atoms with Crippen molar-refractivity contribution in [1.29, 1.82) is 0 Å². The van der Waals surface area contributed by atoms with Crippen molar-refractivity contribution in [1.82, 2.24) is 10.2 Å². The first-order chi connectivity index (χ1) is 14.9. The molecule has 1 saturated heterocycles. The molecule has 1 aromatic heterocycles. The van der Waals surface area contributed by atoms with Crippen LogP contribution >= 0.6 is 22.9 Å². The summed E-state index contributed by atoms with van der Waals surface area (Å²) in [7, 11) is 0. The summed E-state index contributed by atoms with van der Waals surface area (Å²) in [5.74, 6) is 0.975. The number of carbonyl (C=O) groups excluding carboxylic acids is 2. The number of nitro benzene ring substituents is 1. The van der Waals surface area contributed by atoms with Gasteiger partial charge < -0.3 is 15.0 Å². The van der Waals surface area contributed by atoms with Gasteiger partial charge in [0, 0.05) is 31.3 Å². The summed E-state index contributed by atoms with van der Waals surface area (Å²) in [5.41, 5.74) is -0.0569. The second-order valence-corrected chi connectivity index (χ2v) is 9.60. The minimum Gasteiger partial charge on any atom is -0.410 e. The summed E-state index contributed by atoms with van der Waals surface area (Å²) in [6, 6.07) is 9.00. The lowest BCUT2D eigenvalue weighted by atomic mass is 9.86. The van der Waals surface area contributed by atoms with Crippen molar-refractivity contribution in [2.24, 2.45) is 11.8 Å². The van der Waals surface area contributed by atoms with Crippen LogP contribution in [0.5, 0.6) is 5.75 Å². The molecule has 1 saturated carbocycles. The van der Waals surface area contributed by atoms with Gasteiger partial charge in [-0.1, -0.05) is 11.6 Å². The highest BCUT2D eigenvalue weighted by Crippen LogP contribution is 2.39. The number of hydrogen-bond donors (Lipinski definition) is 1. The second kappa shape index (κ2) is 9.23. The molecule has 4 rings (SSSR count). The van der Waals surface area contributed by atoms with E-state index in [2.05, 4.69) is 5.32 Å². The lowest BCUT2D eigenvalue weighted by molar-refractivity contribution is -0.384. The van der Waals surface area contributed by atoms with E-state index in [1.165, 1.54) is 35.6 Å². The second-order valence-electron chi connectivity index (χ2n) is 7.88. The molecule has 164 valence electrons. The topological polar surface area (TPSA) is 102 Å². The Kier molecular flexibility index (Phi) is 6.43. The van der Waals surface area contributed by atoms with E-state index in [0.29, 0.717) is 34.1 Å². The van der Waals surface area contributed by atoms with E-state index in [1.807, 2.05) is 0 Å². The largest absolute Gasteiger partial charge is 0.415 e. The van der Waals surface area contributed by atoms with E-state index >= 15 is 0 Å². The van der Waals surface area contributed by atoms with Crippen LogP contribution in [-0.2, 0) is 0 Å². The van der Waals surface area contributed by atoms with Crippen LogP contribution in [0.3, 0.4) is 0 Å². The molecule has 2 aliphatic rings. The molecule has 31 heavy (non-hydrogen) atoms. The number of thiophene rings is 1. The molecule has 2 amide bonds. The number of nitro groups is 1. The van der Waals surface area contributed by atoms with Gasteiger partial charge in [-0.05, 0) is 61.8 Å².